The maximum atomic E-state index is 4.50. The molecule has 0 saturated heterocycles. The van der Waals surface area contributed by atoms with Gasteiger partial charge in [-0.05, 0) is 40.5 Å². The lowest BCUT2D eigenvalue weighted by Crippen LogP contribution is -1.90. The average molecular weight is 322 g/mol. The van der Waals surface area contributed by atoms with Gasteiger partial charge in [0, 0.05) is 22.7 Å². The van der Waals surface area contributed by atoms with E-state index in [1.807, 2.05) is 18.3 Å². The lowest BCUT2D eigenvalue weighted by molar-refractivity contribution is 1.23. The molecule has 3 aromatic rings. The molecule has 96 valence electrons. The smallest absolute Gasteiger partial charge is 0.0705 e. The van der Waals surface area contributed by atoms with Crippen LogP contribution in [0.25, 0.3) is 22.4 Å². The summed E-state index contributed by atoms with van der Waals surface area (Å²) in [5, 5.41) is 0. The highest BCUT2D eigenvalue weighted by molar-refractivity contribution is 9.10. The molecule has 0 radical (unpaired) electrons. The molecule has 20 heavy (non-hydrogen) atoms. The minimum atomic E-state index is 0.971. The summed E-state index contributed by atoms with van der Waals surface area (Å²) in [6.45, 7) is 0. The summed E-state index contributed by atoms with van der Waals surface area (Å²) in [4.78, 5) is 4.50. The Morgan fingerprint density at radius 2 is 1.50 bits per heavy atom. The SMILES string of the molecule is Brc1cccc2c1Cc1c(-c3ccccn3)cccc1-2. The Morgan fingerprint density at radius 3 is 2.30 bits per heavy atom. The highest BCUT2D eigenvalue weighted by Crippen LogP contribution is 2.43. The van der Waals surface area contributed by atoms with Gasteiger partial charge < -0.3 is 0 Å². The standard InChI is InChI=1S/C18H12BrN/c19-17-8-4-6-13-12-5-3-7-14(15(12)11-16(13)17)18-9-1-2-10-20-18/h1-10H,11H2. The van der Waals surface area contributed by atoms with Crippen LogP contribution >= 0.6 is 15.9 Å². The zero-order chi connectivity index (χ0) is 13.5. The minimum absolute atomic E-state index is 0.971. The molecule has 1 nitrogen and oxygen atoms in total. The van der Waals surface area contributed by atoms with Crippen LogP contribution in [0.4, 0.5) is 0 Å². The van der Waals surface area contributed by atoms with Gasteiger partial charge in [0.2, 0.25) is 0 Å². The lowest BCUT2D eigenvalue weighted by Gasteiger charge is -2.07. The number of halogens is 1. The molecule has 0 spiro atoms. The molecule has 0 N–H and O–H groups in total. The predicted octanol–water partition coefficient (Wildman–Crippen LogP) is 5.08. The first-order chi connectivity index (χ1) is 9.84. The third kappa shape index (κ3) is 1.72. The molecule has 0 unspecified atom stereocenters. The van der Waals surface area contributed by atoms with E-state index in [-0.39, 0.29) is 0 Å². The summed E-state index contributed by atoms with van der Waals surface area (Å²) in [6.07, 6.45) is 2.82. The molecule has 4 rings (SSSR count). The summed E-state index contributed by atoms with van der Waals surface area (Å²) < 4.78 is 1.19. The van der Waals surface area contributed by atoms with Crippen LogP contribution in [0.15, 0.2) is 65.3 Å². The van der Waals surface area contributed by atoms with Gasteiger partial charge in [0.25, 0.3) is 0 Å². The van der Waals surface area contributed by atoms with Crippen molar-refractivity contribution < 1.29 is 0 Å². The van der Waals surface area contributed by atoms with Crippen molar-refractivity contribution in [2.75, 3.05) is 0 Å². The third-order valence-corrected chi connectivity index (χ3v) is 4.62. The first-order valence-corrected chi connectivity index (χ1v) is 7.45. The molecule has 0 aliphatic heterocycles. The van der Waals surface area contributed by atoms with E-state index in [2.05, 4.69) is 63.4 Å². The Kier molecular flexibility index (Phi) is 2.71. The van der Waals surface area contributed by atoms with Gasteiger partial charge in [-0.1, -0.05) is 52.3 Å². The van der Waals surface area contributed by atoms with E-state index >= 15 is 0 Å². The molecule has 0 atom stereocenters. The second-order valence-electron chi connectivity index (χ2n) is 4.99. The van der Waals surface area contributed by atoms with Gasteiger partial charge in [-0.2, -0.15) is 0 Å². The summed E-state index contributed by atoms with van der Waals surface area (Å²) in [5.41, 5.74) is 7.73. The second kappa shape index (κ2) is 4.57. The van der Waals surface area contributed by atoms with Gasteiger partial charge in [-0.15, -0.1) is 0 Å². The number of rotatable bonds is 1. The summed E-state index contributed by atoms with van der Waals surface area (Å²) >= 11 is 3.67. The van der Waals surface area contributed by atoms with Crippen molar-refractivity contribution in [3.05, 3.63) is 76.4 Å². The number of hydrogen-bond acceptors (Lipinski definition) is 1. The van der Waals surface area contributed by atoms with Crippen LogP contribution in [0.1, 0.15) is 11.1 Å². The largest absolute Gasteiger partial charge is 0.256 e. The zero-order valence-electron chi connectivity index (χ0n) is 10.8. The van der Waals surface area contributed by atoms with Crippen LogP contribution in [0.5, 0.6) is 0 Å². The van der Waals surface area contributed by atoms with Crippen LogP contribution in [0, 0.1) is 0 Å². The molecule has 1 heterocycles. The molecule has 0 bridgehead atoms. The van der Waals surface area contributed by atoms with Gasteiger partial charge in [0.1, 0.15) is 0 Å². The topological polar surface area (TPSA) is 12.9 Å². The maximum Gasteiger partial charge on any atom is 0.0705 e. The Hall–Kier alpha value is -1.93. The quantitative estimate of drug-likeness (QED) is 0.476. The van der Waals surface area contributed by atoms with Crippen LogP contribution < -0.4 is 0 Å². The van der Waals surface area contributed by atoms with Gasteiger partial charge >= 0.3 is 0 Å². The summed E-state index contributed by atoms with van der Waals surface area (Å²) in [7, 11) is 0. The maximum absolute atomic E-state index is 4.50. The van der Waals surface area contributed by atoms with E-state index in [1.165, 1.54) is 32.3 Å². The second-order valence-corrected chi connectivity index (χ2v) is 5.84. The molecule has 0 saturated carbocycles. The Morgan fingerprint density at radius 1 is 0.750 bits per heavy atom. The van der Waals surface area contributed by atoms with Gasteiger partial charge in [-0.25, -0.2) is 0 Å². The van der Waals surface area contributed by atoms with Crippen LogP contribution in [-0.4, -0.2) is 4.98 Å². The number of aromatic nitrogens is 1. The molecular weight excluding hydrogens is 310 g/mol. The molecule has 2 aromatic carbocycles. The molecule has 1 aliphatic carbocycles. The van der Waals surface area contributed by atoms with E-state index in [0.29, 0.717) is 0 Å². The predicted molar refractivity (Wildman–Crippen MR) is 85.6 cm³/mol. The first kappa shape index (κ1) is 11.9. The Labute approximate surface area is 126 Å². The van der Waals surface area contributed by atoms with E-state index in [1.54, 1.807) is 0 Å². The highest BCUT2D eigenvalue weighted by atomic mass is 79.9. The van der Waals surface area contributed by atoms with Crippen molar-refractivity contribution in [2.24, 2.45) is 0 Å². The fourth-order valence-corrected chi connectivity index (χ4v) is 3.47. The molecular formula is C18H12BrN. The van der Waals surface area contributed by atoms with Crippen LogP contribution in [0.3, 0.4) is 0 Å². The fourth-order valence-electron chi connectivity index (χ4n) is 2.96. The normalized spacial score (nSPS) is 12.1. The van der Waals surface area contributed by atoms with Gasteiger partial charge in [-0.3, -0.25) is 4.98 Å². The number of hydrogen-bond donors (Lipinski definition) is 0. The third-order valence-electron chi connectivity index (χ3n) is 3.88. The van der Waals surface area contributed by atoms with Crippen molar-refractivity contribution in [3.8, 4) is 22.4 Å². The monoisotopic (exact) mass is 321 g/mol. The Balaban J connectivity index is 1.96. The molecule has 1 aliphatic rings. The molecule has 0 fully saturated rings. The van der Waals surface area contributed by atoms with Crippen molar-refractivity contribution in [1.29, 1.82) is 0 Å². The first-order valence-electron chi connectivity index (χ1n) is 6.65. The van der Waals surface area contributed by atoms with Crippen molar-refractivity contribution in [1.82, 2.24) is 4.98 Å². The van der Waals surface area contributed by atoms with E-state index in [9.17, 15) is 0 Å². The molecule has 2 heteroatoms. The minimum Gasteiger partial charge on any atom is -0.256 e. The number of nitrogens with zero attached hydrogens (tertiary/aromatic N) is 1. The highest BCUT2D eigenvalue weighted by Gasteiger charge is 2.23. The lowest BCUT2D eigenvalue weighted by atomic mass is 9.99. The zero-order valence-corrected chi connectivity index (χ0v) is 12.4. The van der Waals surface area contributed by atoms with Crippen LogP contribution in [-0.2, 0) is 6.42 Å². The average Bonchev–Trinajstić information content (AvgIpc) is 2.88. The number of benzene rings is 2. The molecule has 1 aromatic heterocycles. The van der Waals surface area contributed by atoms with E-state index in [0.717, 1.165) is 12.1 Å². The van der Waals surface area contributed by atoms with Crippen LogP contribution in [0.2, 0.25) is 0 Å². The van der Waals surface area contributed by atoms with Gasteiger partial charge in [0.15, 0.2) is 0 Å². The fraction of sp³-hybridized carbons (Fsp3) is 0.0556. The molecule has 0 amide bonds. The van der Waals surface area contributed by atoms with E-state index < -0.39 is 0 Å². The van der Waals surface area contributed by atoms with Crippen molar-refractivity contribution >= 4 is 15.9 Å². The van der Waals surface area contributed by atoms with Gasteiger partial charge in [0.05, 0.1) is 5.69 Å². The number of fused-ring (bicyclic) bond motifs is 3. The number of pyridine rings is 1. The van der Waals surface area contributed by atoms with E-state index in [4.69, 9.17) is 0 Å². The van der Waals surface area contributed by atoms with Crippen molar-refractivity contribution in [3.63, 3.8) is 0 Å². The summed E-state index contributed by atoms with van der Waals surface area (Å²) in [6, 6.07) is 19.0. The van der Waals surface area contributed by atoms with Crippen molar-refractivity contribution in [2.45, 2.75) is 6.42 Å². The summed E-state index contributed by atoms with van der Waals surface area (Å²) in [5.74, 6) is 0. The Bertz CT molecular complexity index is 794.